The molecule has 1 saturated carbocycles. The molecule has 1 heterocycles. The number of hydrogen-bond acceptors (Lipinski definition) is 6. The maximum Gasteiger partial charge on any atom is 0.358 e. The second-order valence-corrected chi connectivity index (χ2v) is 3.84. The molecule has 2 rings (SSSR count). The number of aliphatic hydroxyl groups excluding tert-OH is 1. The second-order valence-electron chi connectivity index (χ2n) is 3.84. The Labute approximate surface area is 92.7 Å². The zero-order valence-corrected chi connectivity index (χ0v) is 8.93. The van der Waals surface area contributed by atoms with Crippen LogP contribution in [0.25, 0.3) is 0 Å². The van der Waals surface area contributed by atoms with E-state index < -0.39 is 5.97 Å². The van der Waals surface area contributed by atoms with Crippen LogP contribution in [-0.2, 0) is 4.74 Å². The SMILES string of the molecule is COC(=O)c1cncc(NC2(CO)CC2)n1. The van der Waals surface area contributed by atoms with Crippen LogP contribution >= 0.6 is 0 Å². The predicted octanol–water partition coefficient (Wildman–Crippen LogP) is 0.200. The topological polar surface area (TPSA) is 84.3 Å². The number of esters is 1. The van der Waals surface area contributed by atoms with Crippen molar-refractivity contribution in [2.24, 2.45) is 0 Å². The van der Waals surface area contributed by atoms with Crippen molar-refractivity contribution in [2.75, 3.05) is 19.0 Å². The highest BCUT2D eigenvalue weighted by molar-refractivity contribution is 5.87. The normalized spacial score (nSPS) is 16.6. The van der Waals surface area contributed by atoms with Crippen molar-refractivity contribution >= 4 is 11.8 Å². The largest absolute Gasteiger partial charge is 0.464 e. The molecule has 6 heteroatoms. The van der Waals surface area contributed by atoms with Gasteiger partial charge in [0, 0.05) is 0 Å². The maximum absolute atomic E-state index is 11.2. The van der Waals surface area contributed by atoms with Crippen molar-refractivity contribution in [3.63, 3.8) is 0 Å². The lowest BCUT2D eigenvalue weighted by Crippen LogP contribution is -2.26. The van der Waals surface area contributed by atoms with Crippen molar-refractivity contribution in [3.05, 3.63) is 18.1 Å². The van der Waals surface area contributed by atoms with Crippen LogP contribution in [0.3, 0.4) is 0 Å². The van der Waals surface area contributed by atoms with Gasteiger partial charge in [-0.15, -0.1) is 0 Å². The number of carbonyl (C=O) groups excluding carboxylic acids is 1. The molecule has 0 atom stereocenters. The summed E-state index contributed by atoms with van der Waals surface area (Å²) in [6.45, 7) is 0.0527. The molecule has 0 saturated heterocycles. The Balaban J connectivity index is 2.13. The van der Waals surface area contributed by atoms with Gasteiger partial charge < -0.3 is 15.2 Å². The number of aliphatic hydroxyl groups is 1. The van der Waals surface area contributed by atoms with E-state index in [-0.39, 0.29) is 17.8 Å². The third kappa shape index (κ3) is 2.11. The van der Waals surface area contributed by atoms with E-state index >= 15 is 0 Å². The molecule has 0 spiro atoms. The van der Waals surface area contributed by atoms with Crippen molar-refractivity contribution < 1.29 is 14.6 Å². The lowest BCUT2D eigenvalue weighted by molar-refractivity contribution is 0.0593. The smallest absolute Gasteiger partial charge is 0.358 e. The van der Waals surface area contributed by atoms with Crippen LogP contribution in [0.4, 0.5) is 5.82 Å². The number of anilines is 1. The first kappa shape index (κ1) is 10.8. The molecule has 2 N–H and O–H groups in total. The highest BCUT2D eigenvalue weighted by atomic mass is 16.5. The van der Waals surface area contributed by atoms with Crippen LogP contribution in [0.5, 0.6) is 0 Å². The first-order chi connectivity index (χ1) is 7.69. The molecule has 1 fully saturated rings. The summed E-state index contributed by atoms with van der Waals surface area (Å²) in [7, 11) is 1.29. The third-order valence-corrected chi connectivity index (χ3v) is 2.58. The highest BCUT2D eigenvalue weighted by Crippen LogP contribution is 2.37. The average molecular weight is 223 g/mol. The number of carbonyl (C=O) groups is 1. The standard InChI is InChI=1S/C10H13N3O3/c1-16-9(15)7-4-11-5-8(12-7)13-10(6-14)2-3-10/h4-5,14H,2-3,6H2,1H3,(H,12,13). The summed E-state index contributed by atoms with van der Waals surface area (Å²) in [5, 5.41) is 12.2. The van der Waals surface area contributed by atoms with Crippen molar-refractivity contribution in [3.8, 4) is 0 Å². The van der Waals surface area contributed by atoms with Crippen LogP contribution in [0, 0.1) is 0 Å². The van der Waals surface area contributed by atoms with Crippen molar-refractivity contribution in [1.82, 2.24) is 9.97 Å². The zero-order valence-electron chi connectivity index (χ0n) is 8.93. The Bertz CT molecular complexity index is 404. The minimum absolute atomic E-state index is 0.0527. The Hall–Kier alpha value is -1.69. The molecule has 1 aliphatic carbocycles. The van der Waals surface area contributed by atoms with Crippen LogP contribution in [0.1, 0.15) is 23.3 Å². The summed E-state index contributed by atoms with van der Waals surface area (Å²) >= 11 is 0. The van der Waals surface area contributed by atoms with Gasteiger partial charge in [0.05, 0.1) is 31.6 Å². The van der Waals surface area contributed by atoms with E-state index in [0.29, 0.717) is 5.82 Å². The number of methoxy groups -OCH3 is 1. The molecule has 0 aliphatic heterocycles. The van der Waals surface area contributed by atoms with E-state index in [1.54, 1.807) is 0 Å². The van der Waals surface area contributed by atoms with Crippen molar-refractivity contribution in [2.45, 2.75) is 18.4 Å². The molecule has 0 unspecified atom stereocenters. The fraction of sp³-hybridized carbons (Fsp3) is 0.500. The van der Waals surface area contributed by atoms with Crippen LogP contribution in [0.15, 0.2) is 12.4 Å². The molecule has 1 aromatic rings. The summed E-state index contributed by atoms with van der Waals surface area (Å²) in [6, 6.07) is 0. The zero-order chi connectivity index (χ0) is 11.6. The minimum atomic E-state index is -0.523. The quantitative estimate of drug-likeness (QED) is 0.709. The molecule has 86 valence electrons. The van der Waals surface area contributed by atoms with Crippen LogP contribution in [-0.4, -0.2) is 40.3 Å². The van der Waals surface area contributed by atoms with Gasteiger partial charge in [-0.1, -0.05) is 0 Å². The molecule has 6 nitrogen and oxygen atoms in total. The molecular formula is C10H13N3O3. The Morgan fingerprint density at radius 3 is 2.94 bits per heavy atom. The van der Waals surface area contributed by atoms with Gasteiger partial charge in [-0.25, -0.2) is 9.78 Å². The Kier molecular flexibility index (Phi) is 2.74. The van der Waals surface area contributed by atoms with Gasteiger partial charge in [-0.05, 0) is 12.8 Å². The molecule has 0 radical (unpaired) electrons. The number of rotatable bonds is 4. The van der Waals surface area contributed by atoms with Gasteiger partial charge in [0.25, 0.3) is 0 Å². The number of aromatic nitrogens is 2. The number of nitrogens with zero attached hydrogens (tertiary/aromatic N) is 2. The summed E-state index contributed by atoms with van der Waals surface area (Å²) in [5.74, 6) is -0.0422. The fourth-order valence-electron chi connectivity index (χ4n) is 1.37. The fourth-order valence-corrected chi connectivity index (χ4v) is 1.37. The number of nitrogens with one attached hydrogen (secondary N) is 1. The van der Waals surface area contributed by atoms with Gasteiger partial charge in [-0.2, -0.15) is 0 Å². The van der Waals surface area contributed by atoms with E-state index in [1.807, 2.05) is 0 Å². The Morgan fingerprint density at radius 1 is 1.62 bits per heavy atom. The van der Waals surface area contributed by atoms with Crippen LogP contribution in [0.2, 0.25) is 0 Å². The summed E-state index contributed by atoms with van der Waals surface area (Å²) < 4.78 is 4.54. The predicted molar refractivity (Wildman–Crippen MR) is 56.0 cm³/mol. The lowest BCUT2D eigenvalue weighted by atomic mass is 10.3. The molecule has 0 bridgehead atoms. The van der Waals surface area contributed by atoms with Gasteiger partial charge in [0.1, 0.15) is 5.82 Å². The van der Waals surface area contributed by atoms with Crippen molar-refractivity contribution in [1.29, 1.82) is 0 Å². The first-order valence-corrected chi connectivity index (χ1v) is 4.98. The lowest BCUT2D eigenvalue weighted by Gasteiger charge is -2.14. The van der Waals surface area contributed by atoms with E-state index in [2.05, 4.69) is 20.0 Å². The van der Waals surface area contributed by atoms with E-state index in [0.717, 1.165) is 12.8 Å². The van der Waals surface area contributed by atoms with Gasteiger partial charge in [-0.3, -0.25) is 4.98 Å². The third-order valence-electron chi connectivity index (χ3n) is 2.58. The van der Waals surface area contributed by atoms with E-state index in [9.17, 15) is 4.79 Å². The van der Waals surface area contributed by atoms with E-state index in [1.165, 1.54) is 19.5 Å². The average Bonchev–Trinajstić information content (AvgIpc) is 3.09. The van der Waals surface area contributed by atoms with E-state index in [4.69, 9.17) is 5.11 Å². The van der Waals surface area contributed by atoms with Gasteiger partial charge in [0.15, 0.2) is 5.69 Å². The molecule has 0 aromatic carbocycles. The number of hydrogen-bond donors (Lipinski definition) is 2. The molecule has 1 aliphatic rings. The van der Waals surface area contributed by atoms with Gasteiger partial charge in [0.2, 0.25) is 0 Å². The first-order valence-electron chi connectivity index (χ1n) is 4.98. The van der Waals surface area contributed by atoms with Gasteiger partial charge >= 0.3 is 5.97 Å². The molecule has 1 aromatic heterocycles. The number of ether oxygens (including phenoxy) is 1. The summed E-state index contributed by atoms with van der Waals surface area (Å²) in [6.07, 6.45) is 4.65. The minimum Gasteiger partial charge on any atom is -0.464 e. The second kappa shape index (κ2) is 4.05. The molecular weight excluding hydrogens is 210 g/mol. The monoisotopic (exact) mass is 223 g/mol. The summed E-state index contributed by atoms with van der Waals surface area (Å²) in [5.41, 5.74) is -0.120. The highest BCUT2D eigenvalue weighted by Gasteiger charge is 2.42. The maximum atomic E-state index is 11.2. The summed E-state index contributed by atoms with van der Waals surface area (Å²) in [4.78, 5) is 19.2. The Morgan fingerprint density at radius 2 is 2.38 bits per heavy atom. The molecule has 16 heavy (non-hydrogen) atoms. The molecule has 0 amide bonds. The van der Waals surface area contributed by atoms with Crippen LogP contribution < -0.4 is 5.32 Å².